The Morgan fingerprint density at radius 1 is 1.36 bits per heavy atom. The number of nitrogens with zero attached hydrogens (tertiary/aromatic N) is 2. The summed E-state index contributed by atoms with van der Waals surface area (Å²) in [6.07, 6.45) is -0.691. The maximum Gasteiger partial charge on any atom is 0.324 e. The van der Waals surface area contributed by atoms with E-state index >= 15 is 0 Å². The monoisotopic (exact) mass is 517 g/mol. The molecular weight excluding hydrogens is 493 g/mol. The van der Waals surface area contributed by atoms with Crippen LogP contribution in [0.1, 0.15) is 17.9 Å². The van der Waals surface area contributed by atoms with Gasteiger partial charge in [0.15, 0.2) is 5.96 Å². The number of hydrogen-bond acceptors (Lipinski definition) is 5. The van der Waals surface area contributed by atoms with Gasteiger partial charge < -0.3 is 21.1 Å². The molecule has 0 radical (unpaired) electrons. The minimum Gasteiger partial charge on any atom is -0.386 e. The molecular formula is C18H24IN5O3S. The van der Waals surface area contributed by atoms with Gasteiger partial charge in [0, 0.05) is 29.2 Å². The number of halogens is 1. The van der Waals surface area contributed by atoms with Crippen LogP contribution in [0.3, 0.4) is 0 Å². The molecule has 0 spiro atoms. The molecule has 0 aliphatic carbocycles. The lowest BCUT2D eigenvalue weighted by molar-refractivity contribution is -0.124. The van der Waals surface area contributed by atoms with E-state index in [9.17, 15) is 14.7 Å². The minimum absolute atomic E-state index is 0. The third kappa shape index (κ3) is 5.55. The van der Waals surface area contributed by atoms with Crippen LogP contribution in [-0.2, 0) is 4.79 Å². The maximum atomic E-state index is 11.6. The third-order valence-corrected chi connectivity index (χ3v) is 5.32. The lowest BCUT2D eigenvalue weighted by Gasteiger charge is -2.15. The van der Waals surface area contributed by atoms with E-state index in [1.165, 1.54) is 4.90 Å². The molecule has 2 aromatic rings. The van der Waals surface area contributed by atoms with Crippen molar-refractivity contribution < 1.29 is 14.7 Å². The Labute approximate surface area is 184 Å². The van der Waals surface area contributed by atoms with Crippen LogP contribution in [0.25, 0.3) is 10.1 Å². The summed E-state index contributed by atoms with van der Waals surface area (Å²) in [6.45, 7) is 3.50. The summed E-state index contributed by atoms with van der Waals surface area (Å²) in [5.74, 6) is 0.300. The van der Waals surface area contributed by atoms with Crippen LogP contribution in [-0.4, -0.2) is 60.6 Å². The van der Waals surface area contributed by atoms with Gasteiger partial charge in [0.05, 0.1) is 13.1 Å². The Bertz CT molecular complexity index is 808. The van der Waals surface area contributed by atoms with Crippen molar-refractivity contribution in [3.63, 3.8) is 0 Å². The first-order valence-corrected chi connectivity index (χ1v) is 9.67. The van der Waals surface area contributed by atoms with E-state index in [0.717, 1.165) is 15.0 Å². The highest BCUT2D eigenvalue weighted by atomic mass is 127. The smallest absolute Gasteiger partial charge is 0.324 e. The number of aliphatic hydroxyl groups is 1. The van der Waals surface area contributed by atoms with E-state index in [4.69, 9.17) is 0 Å². The predicted molar refractivity (Wildman–Crippen MR) is 121 cm³/mol. The number of fused-ring (bicyclic) bond motifs is 1. The van der Waals surface area contributed by atoms with Gasteiger partial charge in [-0.1, -0.05) is 18.2 Å². The number of aliphatic imine (C=N–C) groups is 1. The SMILES string of the molecule is CCNC(=NCC(O)c1cc2ccccc2s1)NCCN1C(=O)CNC1=O.I. The number of benzene rings is 1. The Balaban J connectivity index is 0.00000280. The van der Waals surface area contributed by atoms with E-state index in [1.807, 2.05) is 37.3 Å². The van der Waals surface area contributed by atoms with Gasteiger partial charge in [-0.15, -0.1) is 35.3 Å². The number of hydrogen-bond donors (Lipinski definition) is 4. The van der Waals surface area contributed by atoms with Crippen molar-refractivity contribution >= 4 is 63.3 Å². The molecule has 1 unspecified atom stereocenters. The minimum atomic E-state index is -0.691. The topological polar surface area (TPSA) is 106 Å². The van der Waals surface area contributed by atoms with Crippen molar-refractivity contribution in [2.24, 2.45) is 4.99 Å². The molecule has 3 rings (SSSR count). The zero-order valence-electron chi connectivity index (χ0n) is 15.5. The van der Waals surface area contributed by atoms with Crippen LogP contribution in [0.15, 0.2) is 35.3 Å². The summed E-state index contributed by atoms with van der Waals surface area (Å²) in [5.41, 5.74) is 0. The molecule has 4 N–H and O–H groups in total. The highest BCUT2D eigenvalue weighted by molar-refractivity contribution is 14.0. The second-order valence-corrected chi connectivity index (χ2v) is 7.17. The van der Waals surface area contributed by atoms with Gasteiger partial charge in [-0.25, -0.2) is 4.79 Å². The predicted octanol–water partition coefficient (Wildman–Crippen LogP) is 1.66. The molecule has 10 heteroatoms. The highest BCUT2D eigenvalue weighted by Gasteiger charge is 2.27. The Morgan fingerprint density at radius 2 is 2.14 bits per heavy atom. The lowest BCUT2D eigenvalue weighted by atomic mass is 10.2. The maximum absolute atomic E-state index is 11.6. The van der Waals surface area contributed by atoms with E-state index in [-0.39, 0.29) is 55.5 Å². The molecule has 1 fully saturated rings. The zero-order valence-corrected chi connectivity index (χ0v) is 18.6. The fourth-order valence-electron chi connectivity index (χ4n) is 2.74. The molecule has 0 saturated carbocycles. The number of imide groups is 1. The van der Waals surface area contributed by atoms with Crippen LogP contribution in [0.5, 0.6) is 0 Å². The first-order chi connectivity index (χ1) is 13.1. The van der Waals surface area contributed by atoms with E-state index in [2.05, 4.69) is 20.9 Å². The number of carbonyl (C=O) groups is 2. The van der Waals surface area contributed by atoms with E-state index < -0.39 is 6.10 Å². The second-order valence-electron chi connectivity index (χ2n) is 6.05. The summed E-state index contributed by atoms with van der Waals surface area (Å²) in [4.78, 5) is 29.5. The Kier molecular flexibility index (Phi) is 8.45. The summed E-state index contributed by atoms with van der Waals surface area (Å²) < 4.78 is 1.13. The average Bonchev–Trinajstić information content (AvgIpc) is 3.24. The summed E-state index contributed by atoms with van der Waals surface area (Å²) in [6, 6.07) is 9.61. The van der Waals surface area contributed by atoms with Crippen molar-refractivity contribution in [1.82, 2.24) is 20.9 Å². The van der Waals surface area contributed by atoms with Gasteiger partial charge in [0.25, 0.3) is 0 Å². The number of urea groups is 1. The van der Waals surface area contributed by atoms with Crippen molar-refractivity contribution in [2.45, 2.75) is 13.0 Å². The number of amides is 3. The van der Waals surface area contributed by atoms with Gasteiger partial charge in [-0.05, 0) is 24.4 Å². The van der Waals surface area contributed by atoms with Crippen molar-refractivity contribution in [3.8, 4) is 0 Å². The third-order valence-electron chi connectivity index (χ3n) is 4.10. The molecule has 28 heavy (non-hydrogen) atoms. The van der Waals surface area contributed by atoms with Gasteiger partial charge in [-0.2, -0.15) is 0 Å². The standard InChI is InChI=1S/C18H23N5O3S.HI/c1-2-19-17(20-7-8-23-16(25)11-22-18(23)26)21-10-13(24)15-9-12-5-3-4-6-14(12)27-15;/h3-6,9,13,24H,2,7-8,10-11H2,1H3,(H,22,26)(H2,19,20,21);1H. The van der Waals surface area contributed by atoms with Gasteiger partial charge >= 0.3 is 6.03 Å². The number of aliphatic hydroxyl groups excluding tert-OH is 1. The van der Waals surface area contributed by atoms with Crippen LogP contribution >= 0.6 is 35.3 Å². The van der Waals surface area contributed by atoms with Gasteiger partial charge in [0.1, 0.15) is 6.10 Å². The zero-order chi connectivity index (χ0) is 19.2. The van der Waals surface area contributed by atoms with Crippen molar-refractivity contribution in [2.75, 3.05) is 32.7 Å². The second kappa shape index (κ2) is 10.6. The molecule has 0 bridgehead atoms. The number of carbonyl (C=O) groups excluding carboxylic acids is 2. The largest absolute Gasteiger partial charge is 0.386 e. The molecule has 1 aromatic heterocycles. The Hall–Kier alpha value is -1.92. The van der Waals surface area contributed by atoms with Crippen molar-refractivity contribution in [1.29, 1.82) is 0 Å². The number of thiophene rings is 1. The molecule has 1 aromatic carbocycles. The molecule has 1 aliphatic rings. The van der Waals surface area contributed by atoms with Crippen LogP contribution in [0.2, 0.25) is 0 Å². The fourth-order valence-corrected chi connectivity index (χ4v) is 3.79. The normalized spacial score (nSPS) is 15.4. The molecule has 1 saturated heterocycles. The summed E-state index contributed by atoms with van der Waals surface area (Å²) in [7, 11) is 0. The first kappa shape index (κ1) is 22.4. The van der Waals surface area contributed by atoms with Crippen LogP contribution in [0, 0.1) is 0 Å². The quantitative estimate of drug-likeness (QED) is 0.194. The number of guanidine groups is 1. The molecule has 8 nitrogen and oxygen atoms in total. The lowest BCUT2D eigenvalue weighted by Crippen LogP contribution is -2.43. The van der Waals surface area contributed by atoms with Crippen LogP contribution in [0.4, 0.5) is 4.79 Å². The molecule has 1 aliphatic heterocycles. The van der Waals surface area contributed by atoms with E-state index in [0.29, 0.717) is 19.0 Å². The average molecular weight is 517 g/mol. The van der Waals surface area contributed by atoms with Crippen LogP contribution < -0.4 is 16.0 Å². The Morgan fingerprint density at radius 3 is 2.82 bits per heavy atom. The molecule has 3 amide bonds. The number of rotatable bonds is 7. The number of nitrogens with one attached hydrogen (secondary N) is 3. The van der Waals surface area contributed by atoms with Gasteiger partial charge in [-0.3, -0.25) is 14.7 Å². The van der Waals surface area contributed by atoms with Gasteiger partial charge in [0.2, 0.25) is 5.91 Å². The fraction of sp³-hybridized carbons (Fsp3) is 0.389. The van der Waals surface area contributed by atoms with Crippen molar-refractivity contribution in [3.05, 3.63) is 35.2 Å². The first-order valence-electron chi connectivity index (χ1n) is 8.85. The molecule has 152 valence electrons. The summed E-state index contributed by atoms with van der Waals surface area (Å²) >= 11 is 1.56. The molecule has 2 heterocycles. The highest BCUT2D eigenvalue weighted by Crippen LogP contribution is 2.29. The van der Waals surface area contributed by atoms with E-state index in [1.54, 1.807) is 11.3 Å². The summed E-state index contributed by atoms with van der Waals surface area (Å²) in [5, 5.41) is 20.2. The molecule has 1 atom stereocenters.